The summed E-state index contributed by atoms with van der Waals surface area (Å²) in [4.78, 5) is 17.6. The number of hydrogen-bond donors (Lipinski definition) is 3. The highest BCUT2D eigenvalue weighted by Gasteiger charge is 2.21. The van der Waals surface area contributed by atoms with E-state index >= 15 is 0 Å². The Bertz CT molecular complexity index is 603. The summed E-state index contributed by atoms with van der Waals surface area (Å²) in [5.74, 6) is 0.817. The minimum Gasteiger partial charge on any atom is -0.357 e. The van der Waals surface area contributed by atoms with Crippen molar-refractivity contribution in [2.75, 3.05) is 19.6 Å². The van der Waals surface area contributed by atoms with Gasteiger partial charge in [0, 0.05) is 30.1 Å². The van der Waals surface area contributed by atoms with Crippen LogP contribution >= 0.6 is 39.9 Å². The lowest BCUT2D eigenvalue weighted by atomic mass is 10.1. The van der Waals surface area contributed by atoms with Crippen molar-refractivity contribution in [2.45, 2.75) is 39.3 Å². The van der Waals surface area contributed by atoms with Gasteiger partial charge in [-0.15, -0.1) is 24.0 Å². The van der Waals surface area contributed by atoms with Gasteiger partial charge in [-0.1, -0.05) is 22.0 Å². The van der Waals surface area contributed by atoms with Crippen molar-refractivity contribution in [1.82, 2.24) is 15.5 Å². The molecular weight excluding hydrogens is 497 g/mol. The molecule has 25 heavy (non-hydrogen) atoms. The first-order valence-electron chi connectivity index (χ1n) is 8.34. The molecule has 0 bridgehead atoms. The van der Waals surface area contributed by atoms with E-state index in [4.69, 9.17) is 10.7 Å². The molecular formula is C17H27BrIN5O. The molecule has 1 fully saturated rings. The van der Waals surface area contributed by atoms with Crippen molar-refractivity contribution in [3.63, 3.8) is 0 Å². The van der Waals surface area contributed by atoms with Gasteiger partial charge in [0.25, 0.3) is 0 Å². The van der Waals surface area contributed by atoms with Crippen molar-refractivity contribution in [3.8, 4) is 0 Å². The van der Waals surface area contributed by atoms with Gasteiger partial charge in [0.15, 0.2) is 5.96 Å². The third-order valence-electron chi connectivity index (χ3n) is 4.20. The zero-order chi connectivity index (χ0) is 17.5. The van der Waals surface area contributed by atoms with E-state index in [2.05, 4.69) is 52.5 Å². The lowest BCUT2D eigenvalue weighted by Crippen LogP contribution is -2.50. The fourth-order valence-electron chi connectivity index (χ4n) is 2.76. The van der Waals surface area contributed by atoms with E-state index in [0.29, 0.717) is 25.7 Å². The van der Waals surface area contributed by atoms with E-state index in [1.54, 1.807) is 4.90 Å². The molecule has 1 heterocycles. The van der Waals surface area contributed by atoms with Gasteiger partial charge in [0.1, 0.15) is 0 Å². The van der Waals surface area contributed by atoms with Gasteiger partial charge >= 0.3 is 6.03 Å². The molecule has 0 saturated carbocycles. The van der Waals surface area contributed by atoms with E-state index in [9.17, 15) is 4.79 Å². The van der Waals surface area contributed by atoms with Crippen LogP contribution in [0.3, 0.4) is 0 Å². The Morgan fingerprint density at radius 2 is 2.08 bits per heavy atom. The second kappa shape index (κ2) is 10.8. The summed E-state index contributed by atoms with van der Waals surface area (Å²) < 4.78 is 1.08. The van der Waals surface area contributed by atoms with Crippen LogP contribution in [0, 0.1) is 6.92 Å². The van der Waals surface area contributed by atoms with Crippen LogP contribution in [0.5, 0.6) is 0 Å². The van der Waals surface area contributed by atoms with Crippen LogP contribution in [0.4, 0.5) is 4.79 Å². The molecule has 140 valence electrons. The lowest BCUT2D eigenvalue weighted by molar-refractivity contribution is 0.188. The Hall–Kier alpha value is -1.03. The monoisotopic (exact) mass is 523 g/mol. The number of nitrogens with one attached hydrogen (secondary N) is 2. The number of carbonyl (C=O) groups excluding carboxylic acids is 1. The predicted octanol–water partition coefficient (Wildman–Crippen LogP) is 2.97. The van der Waals surface area contributed by atoms with Crippen LogP contribution in [-0.2, 0) is 6.54 Å². The summed E-state index contributed by atoms with van der Waals surface area (Å²) in [7, 11) is 0. The lowest BCUT2D eigenvalue weighted by Gasteiger charge is -2.32. The van der Waals surface area contributed by atoms with Crippen molar-refractivity contribution in [3.05, 3.63) is 33.8 Å². The van der Waals surface area contributed by atoms with Crippen LogP contribution < -0.4 is 16.4 Å². The van der Waals surface area contributed by atoms with Crippen LogP contribution in [0.25, 0.3) is 0 Å². The van der Waals surface area contributed by atoms with Crippen LogP contribution in [-0.4, -0.2) is 42.6 Å². The van der Waals surface area contributed by atoms with Crippen LogP contribution in [0.1, 0.15) is 30.9 Å². The van der Waals surface area contributed by atoms with E-state index < -0.39 is 0 Å². The van der Waals surface area contributed by atoms with Crippen molar-refractivity contribution in [2.24, 2.45) is 10.7 Å². The second-order valence-corrected chi connectivity index (χ2v) is 6.93. The number of carbonyl (C=O) groups is 1. The first-order chi connectivity index (χ1) is 11.5. The topological polar surface area (TPSA) is 82.8 Å². The molecule has 1 aliphatic rings. The summed E-state index contributed by atoms with van der Waals surface area (Å²) in [6, 6.07) is 6.21. The number of aliphatic imine (C=N–C) groups is 1. The SMILES string of the molecule is CCNC(=NCc1ccc(Br)cc1C)NC1CCN(C(N)=O)CC1.I. The second-order valence-electron chi connectivity index (χ2n) is 6.01. The smallest absolute Gasteiger partial charge is 0.314 e. The van der Waals surface area contributed by atoms with Crippen molar-refractivity contribution in [1.29, 1.82) is 0 Å². The molecule has 1 aliphatic heterocycles. The maximum atomic E-state index is 11.2. The highest BCUT2D eigenvalue weighted by atomic mass is 127. The normalized spacial score (nSPS) is 15.5. The number of benzene rings is 1. The van der Waals surface area contributed by atoms with Gasteiger partial charge in [0.2, 0.25) is 0 Å². The average Bonchev–Trinajstić information content (AvgIpc) is 2.54. The van der Waals surface area contributed by atoms with Crippen LogP contribution in [0.15, 0.2) is 27.7 Å². The summed E-state index contributed by atoms with van der Waals surface area (Å²) in [5, 5.41) is 6.76. The molecule has 4 N–H and O–H groups in total. The quantitative estimate of drug-likeness (QED) is 0.322. The number of urea groups is 1. The largest absolute Gasteiger partial charge is 0.357 e. The van der Waals surface area contributed by atoms with Gasteiger partial charge < -0.3 is 21.3 Å². The minimum atomic E-state index is -0.334. The first-order valence-corrected chi connectivity index (χ1v) is 9.13. The Morgan fingerprint density at radius 3 is 2.64 bits per heavy atom. The number of rotatable bonds is 4. The van der Waals surface area contributed by atoms with Crippen LogP contribution in [0.2, 0.25) is 0 Å². The molecule has 0 spiro atoms. The summed E-state index contributed by atoms with van der Waals surface area (Å²) in [5.41, 5.74) is 7.75. The Labute approximate surface area is 175 Å². The number of hydrogen-bond acceptors (Lipinski definition) is 2. The minimum absolute atomic E-state index is 0. The third-order valence-corrected chi connectivity index (χ3v) is 4.70. The summed E-state index contributed by atoms with van der Waals surface area (Å²) in [6.45, 7) is 6.98. The van der Waals surface area contributed by atoms with E-state index in [1.165, 1.54) is 11.1 Å². The third kappa shape index (κ3) is 7.01. The zero-order valence-electron chi connectivity index (χ0n) is 14.7. The molecule has 0 radical (unpaired) electrons. The molecule has 0 aliphatic carbocycles. The highest BCUT2D eigenvalue weighted by molar-refractivity contribution is 14.0. The number of piperidine rings is 1. The predicted molar refractivity (Wildman–Crippen MR) is 116 cm³/mol. The Balaban J connectivity index is 0.00000312. The average molecular weight is 524 g/mol. The maximum Gasteiger partial charge on any atom is 0.314 e. The number of nitrogens with zero attached hydrogens (tertiary/aromatic N) is 2. The Kier molecular flexibility index (Phi) is 9.55. The molecule has 8 heteroatoms. The van der Waals surface area contributed by atoms with Gasteiger partial charge in [-0.05, 0) is 49.9 Å². The molecule has 0 aromatic heterocycles. The number of halogens is 2. The molecule has 1 aromatic rings. The molecule has 0 atom stereocenters. The summed E-state index contributed by atoms with van der Waals surface area (Å²) >= 11 is 3.48. The number of guanidine groups is 1. The standard InChI is InChI=1S/C17H26BrN5O.HI/c1-3-20-17(21-11-13-4-5-14(18)10-12(13)2)22-15-6-8-23(9-7-15)16(19)24;/h4-5,10,15H,3,6-9,11H2,1-2H3,(H2,19,24)(H2,20,21,22);1H. The molecule has 1 aromatic carbocycles. The van der Waals surface area contributed by atoms with Crippen molar-refractivity contribution < 1.29 is 4.79 Å². The number of primary amides is 1. The van der Waals surface area contributed by atoms with E-state index in [-0.39, 0.29) is 30.0 Å². The molecule has 2 amide bonds. The molecule has 1 saturated heterocycles. The molecule has 0 unspecified atom stereocenters. The number of likely N-dealkylation sites (tertiary alicyclic amines) is 1. The van der Waals surface area contributed by atoms with E-state index in [0.717, 1.165) is 29.8 Å². The van der Waals surface area contributed by atoms with Gasteiger partial charge in [-0.25, -0.2) is 9.79 Å². The van der Waals surface area contributed by atoms with Gasteiger partial charge in [-0.3, -0.25) is 0 Å². The van der Waals surface area contributed by atoms with Gasteiger partial charge in [0.05, 0.1) is 6.54 Å². The Morgan fingerprint density at radius 1 is 1.40 bits per heavy atom. The highest BCUT2D eigenvalue weighted by Crippen LogP contribution is 2.16. The maximum absolute atomic E-state index is 11.2. The fourth-order valence-corrected chi connectivity index (χ4v) is 3.23. The van der Waals surface area contributed by atoms with Crippen molar-refractivity contribution >= 4 is 51.9 Å². The molecule has 2 rings (SSSR count). The molecule has 6 nitrogen and oxygen atoms in total. The fraction of sp³-hybridized carbons (Fsp3) is 0.529. The number of nitrogens with two attached hydrogens (primary N) is 1. The van der Waals surface area contributed by atoms with E-state index in [1.807, 2.05) is 6.07 Å². The first kappa shape index (κ1) is 22.0. The number of amides is 2. The number of aryl methyl sites for hydroxylation is 1. The zero-order valence-corrected chi connectivity index (χ0v) is 18.6. The summed E-state index contributed by atoms with van der Waals surface area (Å²) in [6.07, 6.45) is 1.76. The van der Waals surface area contributed by atoms with Gasteiger partial charge in [-0.2, -0.15) is 0 Å².